The molecule has 1 aliphatic carbocycles. The number of fused-ring (bicyclic) bond motifs is 1. The predicted octanol–water partition coefficient (Wildman–Crippen LogP) is 1.64. The lowest BCUT2D eigenvalue weighted by Gasteiger charge is -2.14. The Morgan fingerprint density at radius 1 is 1.17 bits per heavy atom. The van der Waals surface area contributed by atoms with Gasteiger partial charge in [0.2, 0.25) is 5.91 Å². The zero-order valence-electron chi connectivity index (χ0n) is 13.0. The van der Waals surface area contributed by atoms with Crippen molar-refractivity contribution in [2.45, 2.75) is 18.4 Å². The van der Waals surface area contributed by atoms with E-state index < -0.39 is 0 Å². The number of carbonyl (C=O) groups excluding carboxylic acids is 1. The molecule has 3 N–H and O–H groups in total. The number of hydrogen-bond donors (Lipinski definition) is 3. The third-order valence-electron chi connectivity index (χ3n) is 5.17. The van der Waals surface area contributed by atoms with E-state index in [2.05, 4.69) is 41.0 Å². The molecule has 4 atom stereocenters. The Morgan fingerprint density at radius 3 is 2.78 bits per heavy atom. The van der Waals surface area contributed by atoms with Crippen LogP contribution in [0.25, 0.3) is 10.8 Å². The van der Waals surface area contributed by atoms with Gasteiger partial charge in [0.1, 0.15) is 0 Å². The standard InChI is InChI=1S/C19H22N2O2/c22-18-11-20-9-15(18)10-21-19(23)17-8-16(17)14-6-5-12-3-1-2-4-13(12)7-14/h1-7,15-18,20,22H,8-11H2,(H,21,23). The fourth-order valence-electron chi connectivity index (χ4n) is 3.58. The van der Waals surface area contributed by atoms with Crippen molar-refractivity contribution < 1.29 is 9.90 Å². The molecule has 4 heteroatoms. The monoisotopic (exact) mass is 310 g/mol. The van der Waals surface area contributed by atoms with Gasteiger partial charge >= 0.3 is 0 Å². The van der Waals surface area contributed by atoms with Crippen molar-refractivity contribution in [3.63, 3.8) is 0 Å². The van der Waals surface area contributed by atoms with Crippen molar-refractivity contribution in [1.29, 1.82) is 0 Å². The van der Waals surface area contributed by atoms with Crippen molar-refractivity contribution in [1.82, 2.24) is 10.6 Å². The lowest BCUT2D eigenvalue weighted by Crippen LogP contribution is -2.35. The molecule has 2 aromatic rings. The molecule has 4 nitrogen and oxygen atoms in total. The average molecular weight is 310 g/mol. The van der Waals surface area contributed by atoms with Crippen LogP contribution in [0.5, 0.6) is 0 Å². The van der Waals surface area contributed by atoms with Crippen molar-refractivity contribution >= 4 is 16.7 Å². The number of carbonyl (C=O) groups is 1. The molecule has 4 unspecified atom stereocenters. The summed E-state index contributed by atoms with van der Waals surface area (Å²) >= 11 is 0. The van der Waals surface area contributed by atoms with Gasteiger partial charge in [-0.3, -0.25) is 4.79 Å². The van der Waals surface area contributed by atoms with E-state index in [0.717, 1.165) is 13.0 Å². The topological polar surface area (TPSA) is 61.4 Å². The van der Waals surface area contributed by atoms with Crippen LogP contribution in [0.2, 0.25) is 0 Å². The maximum atomic E-state index is 12.3. The molecular formula is C19H22N2O2. The largest absolute Gasteiger partial charge is 0.391 e. The maximum absolute atomic E-state index is 12.3. The number of β-amino-alcohol motifs (C(OH)–C–C–N with tert-alkyl or cyclic N) is 1. The molecule has 0 radical (unpaired) electrons. The van der Waals surface area contributed by atoms with Crippen molar-refractivity contribution in [2.24, 2.45) is 11.8 Å². The highest BCUT2D eigenvalue weighted by Gasteiger charge is 2.44. The van der Waals surface area contributed by atoms with Crippen LogP contribution in [-0.4, -0.2) is 36.8 Å². The maximum Gasteiger partial charge on any atom is 0.223 e. The van der Waals surface area contributed by atoms with Gasteiger partial charge in [-0.05, 0) is 28.7 Å². The first-order valence-corrected chi connectivity index (χ1v) is 8.37. The van der Waals surface area contributed by atoms with E-state index in [0.29, 0.717) is 19.0 Å². The van der Waals surface area contributed by atoms with E-state index in [-0.39, 0.29) is 23.8 Å². The number of nitrogens with one attached hydrogen (secondary N) is 2. The fraction of sp³-hybridized carbons (Fsp3) is 0.421. The average Bonchev–Trinajstić information content (AvgIpc) is 3.28. The van der Waals surface area contributed by atoms with Crippen LogP contribution in [0.3, 0.4) is 0 Å². The van der Waals surface area contributed by atoms with Crippen molar-refractivity contribution in [3.05, 3.63) is 48.0 Å². The minimum atomic E-state index is -0.342. The van der Waals surface area contributed by atoms with Gasteiger partial charge in [0.05, 0.1) is 6.10 Å². The van der Waals surface area contributed by atoms with Gasteiger partial charge < -0.3 is 15.7 Å². The summed E-state index contributed by atoms with van der Waals surface area (Å²) in [6, 6.07) is 14.8. The molecule has 23 heavy (non-hydrogen) atoms. The summed E-state index contributed by atoms with van der Waals surface area (Å²) in [5.41, 5.74) is 1.26. The van der Waals surface area contributed by atoms with E-state index >= 15 is 0 Å². The van der Waals surface area contributed by atoms with E-state index in [4.69, 9.17) is 0 Å². The van der Waals surface area contributed by atoms with Crippen LogP contribution < -0.4 is 10.6 Å². The lowest BCUT2D eigenvalue weighted by atomic mass is 10.0. The van der Waals surface area contributed by atoms with Gasteiger partial charge in [-0.25, -0.2) is 0 Å². The molecule has 1 aliphatic heterocycles. The Balaban J connectivity index is 1.37. The Kier molecular flexibility index (Phi) is 3.79. The third kappa shape index (κ3) is 2.96. The van der Waals surface area contributed by atoms with Crippen molar-refractivity contribution in [2.75, 3.05) is 19.6 Å². The predicted molar refractivity (Wildman–Crippen MR) is 90.2 cm³/mol. The minimum Gasteiger partial charge on any atom is -0.391 e. The molecule has 4 rings (SSSR count). The summed E-state index contributed by atoms with van der Waals surface area (Å²) in [5.74, 6) is 0.688. The van der Waals surface area contributed by atoms with E-state index in [9.17, 15) is 9.90 Å². The van der Waals surface area contributed by atoms with Crippen molar-refractivity contribution in [3.8, 4) is 0 Å². The van der Waals surface area contributed by atoms with Crippen LogP contribution >= 0.6 is 0 Å². The van der Waals surface area contributed by atoms with Gasteiger partial charge in [0, 0.05) is 31.5 Å². The summed E-state index contributed by atoms with van der Waals surface area (Å²) in [6.07, 6.45) is 0.584. The summed E-state index contributed by atoms with van der Waals surface area (Å²) < 4.78 is 0. The normalized spacial score (nSPS) is 29.6. The SMILES string of the molecule is O=C(NCC1CNCC1O)C1CC1c1ccc2ccccc2c1. The zero-order chi connectivity index (χ0) is 15.8. The number of hydrogen-bond acceptors (Lipinski definition) is 3. The second kappa shape index (κ2) is 5.95. The molecule has 2 aliphatic rings. The smallest absolute Gasteiger partial charge is 0.223 e. The number of benzene rings is 2. The zero-order valence-corrected chi connectivity index (χ0v) is 13.0. The molecule has 1 amide bonds. The van der Waals surface area contributed by atoms with Crippen LogP contribution in [0.4, 0.5) is 0 Å². The molecule has 2 aromatic carbocycles. The van der Waals surface area contributed by atoms with Gasteiger partial charge in [-0.2, -0.15) is 0 Å². The van der Waals surface area contributed by atoms with Gasteiger partial charge in [0.25, 0.3) is 0 Å². The molecule has 1 saturated carbocycles. The molecule has 0 aromatic heterocycles. The number of aliphatic hydroxyl groups excluding tert-OH is 1. The minimum absolute atomic E-state index is 0.0858. The first-order chi connectivity index (χ1) is 11.2. The molecular weight excluding hydrogens is 288 g/mol. The number of rotatable bonds is 4. The Hall–Kier alpha value is -1.91. The van der Waals surface area contributed by atoms with E-state index in [1.807, 2.05) is 12.1 Å². The highest BCUT2D eigenvalue weighted by atomic mass is 16.3. The number of amides is 1. The van der Waals surface area contributed by atoms with Crippen LogP contribution in [0.15, 0.2) is 42.5 Å². The first kappa shape index (κ1) is 14.7. The second-order valence-corrected chi connectivity index (χ2v) is 6.79. The van der Waals surface area contributed by atoms with E-state index in [1.54, 1.807) is 0 Å². The summed E-state index contributed by atoms with van der Waals surface area (Å²) in [4.78, 5) is 12.3. The third-order valence-corrected chi connectivity index (χ3v) is 5.17. The molecule has 2 fully saturated rings. The van der Waals surface area contributed by atoms with Gasteiger partial charge in [-0.15, -0.1) is 0 Å². The highest BCUT2D eigenvalue weighted by Crippen LogP contribution is 2.48. The van der Waals surface area contributed by atoms with Crippen LogP contribution in [0.1, 0.15) is 17.9 Å². The lowest BCUT2D eigenvalue weighted by molar-refractivity contribution is -0.122. The molecule has 1 heterocycles. The summed E-state index contributed by atoms with van der Waals surface area (Å²) in [6.45, 7) is 1.97. The Morgan fingerprint density at radius 2 is 2.00 bits per heavy atom. The first-order valence-electron chi connectivity index (χ1n) is 8.37. The summed E-state index contributed by atoms with van der Waals surface area (Å²) in [7, 11) is 0. The van der Waals surface area contributed by atoms with Crippen LogP contribution in [-0.2, 0) is 4.79 Å². The highest BCUT2D eigenvalue weighted by molar-refractivity contribution is 5.85. The Labute approximate surface area is 135 Å². The summed E-state index contributed by atoms with van der Waals surface area (Å²) in [5, 5.41) is 18.4. The van der Waals surface area contributed by atoms with Crippen LogP contribution in [0, 0.1) is 11.8 Å². The molecule has 0 spiro atoms. The molecule has 120 valence electrons. The second-order valence-electron chi connectivity index (χ2n) is 6.79. The molecule has 0 bridgehead atoms. The number of aliphatic hydroxyl groups is 1. The van der Waals surface area contributed by atoms with Gasteiger partial charge in [-0.1, -0.05) is 42.5 Å². The molecule has 1 saturated heterocycles. The quantitative estimate of drug-likeness (QED) is 0.804. The van der Waals surface area contributed by atoms with E-state index in [1.165, 1.54) is 16.3 Å². The van der Waals surface area contributed by atoms with Gasteiger partial charge in [0.15, 0.2) is 0 Å². The fourth-order valence-corrected chi connectivity index (χ4v) is 3.58. The Bertz CT molecular complexity index is 730.